The molecule has 0 rings (SSSR count). The number of hydrogen-bond acceptors (Lipinski definition) is 2. The second-order valence-corrected chi connectivity index (χ2v) is 0.744. The molecule has 0 aliphatic rings. The van der Waals surface area contributed by atoms with Crippen LogP contribution in [0.15, 0.2) is 0 Å². The molecule has 0 atom stereocenters. The summed E-state index contributed by atoms with van der Waals surface area (Å²) in [5, 5.41) is 0. The van der Waals surface area contributed by atoms with Crippen LogP contribution < -0.4 is 5.73 Å². The molecule has 30 valence electrons. The molecule has 2 N–H and O–H groups in total. The fourth-order valence-electron chi connectivity index (χ4n) is 0.0680. The van der Waals surface area contributed by atoms with E-state index in [1.165, 1.54) is 0 Å². The number of carbonyl (C=O) groups is 1. The Kier molecular flexibility index (Phi) is 3.36. The van der Waals surface area contributed by atoms with Crippen LogP contribution in [0.1, 0.15) is 6.42 Å². The molecule has 0 heterocycles. The summed E-state index contributed by atoms with van der Waals surface area (Å²) in [6, 6.07) is 0. The normalized spacial score (nSPS) is 7.40. The Morgan fingerprint density at radius 3 is 2.40 bits per heavy atom. The van der Waals surface area contributed by atoms with E-state index in [0.717, 1.165) is 6.29 Å². The molecule has 0 aliphatic heterocycles. The molecule has 0 saturated carbocycles. The highest BCUT2D eigenvalue weighted by molar-refractivity contribution is 5.49. The summed E-state index contributed by atoms with van der Waals surface area (Å²) in [7, 11) is 0. The van der Waals surface area contributed by atoms with Crippen molar-refractivity contribution in [2.75, 3.05) is 6.54 Å². The van der Waals surface area contributed by atoms with Gasteiger partial charge < -0.3 is 10.5 Å². The first-order valence-electron chi connectivity index (χ1n) is 1.55. The molecule has 0 saturated heterocycles. The van der Waals surface area contributed by atoms with Crippen LogP contribution in [0.4, 0.5) is 0 Å². The van der Waals surface area contributed by atoms with Gasteiger partial charge in [-0.25, -0.2) is 0 Å². The summed E-state index contributed by atoms with van der Waals surface area (Å²) < 4.78 is 0. The average Bonchev–Trinajstić information content (AvgIpc) is 1.41. The number of rotatable bonds is 2. The molecule has 2 nitrogen and oxygen atoms in total. The monoisotopic (exact) mass is 73.1 g/mol. The van der Waals surface area contributed by atoms with Crippen LogP contribution in [0.25, 0.3) is 0 Å². The standard InChI is InChI=1S/C3H7NO/c4-2-1-3-5/h3H,1-2,4H2. The van der Waals surface area contributed by atoms with Crippen LogP contribution in [0.2, 0.25) is 0 Å². The van der Waals surface area contributed by atoms with Gasteiger partial charge >= 0.3 is 0 Å². The highest BCUT2D eigenvalue weighted by Gasteiger charge is 1.66. The van der Waals surface area contributed by atoms with E-state index in [0.29, 0.717) is 13.0 Å². The Bertz CT molecular complexity index is 28.1. The third-order valence-corrected chi connectivity index (χ3v) is 0.285. The molecule has 2 heteroatoms. The molecule has 0 fully saturated rings. The zero-order valence-electron chi connectivity index (χ0n) is 2.98. The van der Waals surface area contributed by atoms with E-state index in [4.69, 9.17) is 5.73 Å². The Morgan fingerprint density at radius 1 is 1.80 bits per heavy atom. The fraction of sp³-hybridized carbons (Fsp3) is 0.667. The molecular formula is C3H7NO. The van der Waals surface area contributed by atoms with Gasteiger partial charge in [-0.2, -0.15) is 0 Å². The first-order chi connectivity index (χ1) is 2.41. The first kappa shape index (κ1) is 4.63. The summed E-state index contributed by atoms with van der Waals surface area (Å²) in [4.78, 5) is 9.32. The highest BCUT2D eigenvalue weighted by atomic mass is 16.1. The van der Waals surface area contributed by atoms with E-state index in [2.05, 4.69) is 0 Å². The van der Waals surface area contributed by atoms with Crippen LogP contribution in [0.5, 0.6) is 0 Å². The molecule has 0 amide bonds. The molecule has 0 aliphatic carbocycles. The molecule has 0 unspecified atom stereocenters. The Balaban J connectivity index is 2.40. The lowest BCUT2D eigenvalue weighted by molar-refractivity contribution is -0.107. The van der Waals surface area contributed by atoms with Crippen molar-refractivity contribution < 1.29 is 4.79 Å². The number of nitrogens with two attached hydrogens (primary N) is 1. The van der Waals surface area contributed by atoms with E-state index >= 15 is 0 Å². The quantitative estimate of drug-likeness (QED) is 0.449. The topological polar surface area (TPSA) is 43.1 Å². The number of aldehydes is 1. The SMILES string of the molecule is NCCC=O. The summed E-state index contributed by atoms with van der Waals surface area (Å²) >= 11 is 0. The highest BCUT2D eigenvalue weighted by Crippen LogP contribution is 1.54. The third kappa shape index (κ3) is 3.63. The predicted molar refractivity (Wildman–Crippen MR) is 19.7 cm³/mol. The first-order valence-corrected chi connectivity index (χ1v) is 1.55. The lowest BCUT2D eigenvalue weighted by atomic mass is 10.5. The Hall–Kier alpha value is -0.370. The molecule has 0 radical (unpaired) electrons. The van der Waals surface area contributed by atoms with Gasteiger partial charge in [0.25, 0.3) is 0 Å². The molecule has 0 bridgehead atoms. The maximum Gasteiger partial charge on any atom is 0.121 e. The van der Waals surface area contributed by atoms with Crippen molar-refractivity contribution in [3.8, 4) is 0 Å². The van der Waals surface area contributed by atoms with E-state index in [-0.39, 0.29) is 0 Å². The number of carbonyl (C=O) groups excluding carboxylic acids is 1. The van der Waals surface area contributed by atoms with E-state index in [1.54, 1.807) is 0 Å². The smallest absolute Gasteiger partial charge is 0.121 e. The fourth-order valence-corrected chi connectivity index (χ4v) is 0.0680. The van der Waals surface area contributed by atoms with Gasteiger partial charge in [0.05, 0.1) is 0 Å². The molecule has 0 aromatic heterocycles. The Labute approximate surface area is 31.0 Å². The lowest BCUT2D eigenvalue weighted by Gasteiger charge is -1.70. The third-order valence-electron chi connectivity index (χ3n) is 0.285. The summed E-state index contributed by atoms with van der Waals surface area (Å²) in [5.74, 6) is 0. The van der Waals surface area contributed by atoms with Crippen LogP contribution in [0, 0.1) is 0 Å². The predicted octanol–water partition coefficient (Wildman–Crippen LogP) is -0.466. The largest absolute Gasteiger partial charge is 0.330 e. The van der Waals surface area contributed by atoms with Gasteiger partial charge in [0, 0.05) is 6.42 Å². The van der Waals surface area contributed by atoms with Gasteiger partial charge in [-0.1, -0.05) is 0 Å². The molecule has 5 heavy (non-hydrogen) atoms. The van der Waals surface area contributed by atoms with Crippen LogP contribution in [-0.4, -0.2) is 12.8 Å². The average molecular weight is 73.1 g/mol. The van der Waals surface area contributed by atoms with Gasteiger partial charge in [-0.3, -0.25) is 0 Å². The lowest BCUT2D eigenvalue weighted by Crippen LogP contribution is -1.97. The van der Waals surface area contributed by atoms with Gasteiger partial charge in [-0.05, 0) is 6.54 Å². The van der Waals surface area contributed by atoms with Gasteiger partial charge in [0.2, 0.25) is 0 Å². The van der Waals surface area contributed by atoms with Gasteiger partial charge in [0.15, 0.2) is 0 Å². The minimum absolute atomic E-state index is 0.476. The Morgan fingerprint density at radius 2 is 2.40 bits per heavy atom. The zero-order valence-corrected chi connectivity index (χ0v) is 2.98. The minimum Gasteiger partial charge on any atom is -0.330 e. The summed E-state index contributed by atoms with van der Waals surface area (Å²) in [6.45, 7) is 0.476. The van der Waals surface area contributed by atoms with E-state index in [9.17, 15) is 4.79 Å². The molecular weight excluding hydrogens is 66.0 g/mol. The second-order valence-electron chi connectivity index (χ2n) is 0.744. The maximum atomic E-state index is 9.32. The molecule has 0 aromatic rings. The second kappa shape index (κ2) is 3.63. The summed E-state index contributed by atoms with van der Waals surface area (Å²) in [5.41, 5.74) is 4.91. The molecule has 0 spiro atoms. The minimum atomic E-state index is 0.476. The van der Waals surface area contributed by atoms with Crippen molar-refractivity contribution in [3.63, 3.8) is 0 Å². The summed E-state index contributed by atoms with van der Waals surface area (Å²) in [6.07, 6.45) is 1.29. The maximum absolute atomic E-state index is 9.32. The van der Waals surface area contributed by atoms with Crippen LogP contribution in [-0.2, 0) is 4.79 Å². The van der Waals surface area contributed by atoms with Crippen LogP contribution >= 0.6 is 0 Å². The van der Waals surface area contributed by atoms with Gasteiger partial charge in [-0.15, -0.1) is 0 Å². The van der Waals surface area contributed by atoms with Gasteiger partial charge in [0.1, 0.15) is 6.29 Å². The molecule has 0 aromatic carbocycles. The van der Waals surface area contributed by atoms with Crippen molar-refractivity contribution in [1.29, 1.82) is 0 Å². The van der Waals surface area contributed by atoms with Crippen molar-refractivity contribution >= 4 is 6.29 Å². The van der Waals surface area contributed by atoms with Crippen molar-refractivity contribution in [3.05, 3.63) is 0 Å². The van der Waals surface area contributed by atoms with E-state index in [1.807, 2.05) is 0 Å². The zero-order chi connectivity index (χ0) is 4.12. The van der Waals surface area contributed by atoms with Crippen LogP contribution in [0.3, 0.4) is 0 Å². The number of hydrogen-bond donors (Lipinski definition) is 1. The van der Waals surface area contributed by atoms with Crippen molar-refractivity contribution in [2.24, 2.45) is 5.73 Å². The van der Waals surface area contributed by atoms with E-state index < -0.39 is 0 Å². The van der Waals surface area contributed by atoms with Crippen molar-refractivity contribution in [2.45, 2.75) is 6.42 Å². The van der Waals surface area contributed by atoms with Crippen molar-refractivity contribution in [1.82, 2.24) is 0 Å².